The molecule has 0 radical (unpaired) electrons. The molecule has 8 heteroatoms. The van der Waals surface area contributed by atoms with Gasteiger partial charge in [-0.2, -0.15) is 0 Å². The summed E-state index contributed by atoms with van der Waals surface area (Å²) in [4.78, 5) is 36.1. The van der Waals surface area contributed by atoms with Crippen molar-refractivity contribution in [1.82, 2.24) is 4.90 Å². The first-order chi connectivity index (χ1) is 13.9. The molecule has 0 aromatic heterocycles. The van der Waals surface area contributed by atoms with Gasteiger partial charge in [0, 0.05) is 30.8 Å². The second-order valence-electron chi connectivity index (χ2n) is 7.08. The molecule has 1 aliphatic heterocycles. The number of rotatable bonds is 6. The van der Waals surface area contributed by atoms with E-state index in [-0.39, 0.29) is 17.0 Å². The SMILES string of the molecule is COc1ccccc1CC1CCN(C(=O)c2cc(C(=O)O)cc([N+](=O)[O-])c2)CC1. The summed E-state index contributed by atoms with van der Waals surface area (Å²) in [5.74, 6) is -0.441. The lowest BCUT2D eigenvalue weighted by atomic mass is 9.89. The number of aromatic carboxylic acids is 1. The molecule has 3 rings (SSSR count). The predicted molar refractivity (Wildman–Crippen MR) is 105 cm³/mol. The van der Waals surface area contributed by atoms with Gasteiger partial charge in [-0.05, 0) is 42.9 Å². The first-order valence-electron chi connectivity index (χ1n) is 9.33. The van der Waals surface area contributed by atoms with Gasteiger partial charge < -0.3 is 14.7 Å². The quantitative estimate of drug-likeness (QED) is 0.590. The minimum atomic E-state index is -1.31. The van der Waals surface area contributed by atoms with E-state index in [1.54, 1.807) is 12.0 Å². The lowest BCUT2D eigenvalue weighted by Crippen LogP contribution is -2.39. The van der Waals surface area contributed by atoms with Crippen LogP contribution in [0, 0.1) is 16.0 Å². The standard InChI is InChI=1S/C21H22N2O6/c1-29-19-5-3-2-4-15(19)10-14-6-8-22(9-7-14)20(24)16-11-17(21(25)26)13-18(12-16)23(27)28/h2-5,11-14H,6-10H2,1H3,(H,25,26). The third-order valence-corrected chi connectivity index (χ3v) is 5.23. The fourth-order valence-electron chi connectivity index (χ4n) is 3.67. The van der Waals surface area contributed by atoms with Crippen LogP contribution in [0.15, 0.2) is 42.5 Å². The van der Waals surface area contributed by atoms with Crippen molar-refractivity contribution < 1.29 is 24.4 Å². The van der Waals surface area contributed by atoms with Crippen LogP contribution in [0.5, 0.6) is 5.75 Å². The highest BCUT2D eigenvalue weighted by Gasteiger charge is 2.26. The molecule has 1 aliphatic rings. The Labute approximate surface area is 167 Å². The van der Waals surface area contributed by atoms with Crippen LogP contribution in [-0.2, 0) is 6.42 Å². The Hall–Kier alpha value is -3.42. The molecule has 0 atom stereocenters. The largest absolute Gasteiger partial charge is 0.496 e. The molecule has 1 fully saturated rings. The molecule has 0 spiro atoms. The normalized spacial score (nSPS) is 14.4. The number of methoxy groups -OCH3 is 1. The van der Waals surface area contributed by atoms with E-state index in [9.17, 15) is 19.7 Å². The molecule has 29 heavy (non-hydrogen) atoms. The van der Waals surface area contributed by atoms with Crippen molar-refractivity contribution >= 4 is 17.6 Å². The number of ether oxygens (including phenoxy) is 1. The van der Waals surface area contributed by atoms with Crippen LogP contribution < -0.4 is 4.74 Å². The summed E-state index contributed by atoms with van der Waals surface area (Å²) in [6, 6.07) is 11.1. The van der Waals surface area contributed by atoms with Crippen LogP contribution in [0.4, 0.5) is 5.69 Å². The number of hydrogen-bond donors (Lipinski definition) is 1. The molecule has 0 unspecified atom stereocenters. The van der Waals surface area contributed by atoms with Gasteiger partial charge in [0.15, 0.2) is 0 Å². The van der Waals surface area contributed by atoms with Crippen molar-refractivity contribution in [3.8, 4) is 5.75 Å². The van der Waals surface area contributed by atoms with Gasteiger partial charge in [0.25, 0.3) is 11.6 Å². The van der Waals surface area contributed by atoms with E-state index < -0.39 is 16.6 Å². The Balaban J connectivity index is 1.68. The van der Waals surface area contributed by atoms with Crippen molar-refractivity contribution in [3.63, 3.8) is 0 Å². The molecule has 8 nitrogen and oxygen atoms in total. The van der Waals surface area contributed by atoms with E-state index in [1.165, 1.54) is 6.07 Å². The Kier molecular flexibility index (Phi) is 6.11. The number of piperidine rings is 1. The zero-order valence-corrected chi connectivity index (χ0v) is 16.0. The smallest absolute Gasteiger partial charge is 0.335 e. The number of likely N-dealkylation sites (tertiary alicyclic amines) is 1. The average molecular weight is 398 g/mol. The maximum atomic E-state index is 12.8. The number of amides is 1. The van der Waals surface area contributed by atoms with Crippen molar-refractivity contribution in [1.29, 1.82) is 0 Å². The van der Waals surface area contributed by atoms with Crippen LogP contribution in [-0.4, -0.2) is 47.0 Å². The highest BCUT2D eigenvalue weighted by molar-refractivity contribution is 5.98. The number of carboxylic acids is 1. The Bertz CT molecular complexity index is 902. The van der Waals surface area contributed by atoms with Crippen LogP contribution in [0.1, 0.15) is 39.1 Å². The monoisotopic (exact) mass is 398 g/mol. The lowest BCUT2D eigenvalue weighted by Gasteiger charge is -2.32. The summed E-state index contributed by atoms with van der Waals surface area (Å²) < 4.78 is 5.40. The second kappa shape index (κ2) is 8.72. The molecule has 1 N–H and O–H groups in total. The molecule has 0 aliphatic carbocycles. The third-order valence-electron chi connectivity index (χ3n) is 5.23. The number of hydrogen-bond acceptors (Lipinski definition) is 5. The zero-order chi connectivity index (χ0) is 21.0. The molecule has 152 valence electrons. The molecular formula is C21H22N2O6. The molecule has 2 aromatic rings. The summed E-state index contributed by atoms with van der Waals surface area (Å²) >= 11 is 0. The molecule has 2 aromatic carbocycles. The Morgan fingerprint density at radius 2 is 1.83 bits per heavy atom. The summed E-state index contributed by atoms with van der Waals surface area (Å²) in [6.07, 6.45) is 2.45. The van der Waals surface area contributed by atoms with E-state index in [0.29, 0.717) is 19.0 Å². The Morgan fingerprint density at radius 1 is 1.17 bits per heavy atom. The zero-order valence-electron chi connectivity index (χ0n) is 16.0. The Morgan fingerprint density at radius 3 is 2.45 bits per heavy atom. The van der Waals surface area contributed by atoms with E-state index in [4.69, 9.17) is 9.84 Å². The van der Waals surface area contributed by atoms with Crippen molar-refractivity contribution in [2.24, 2.45) is 5.92 Å². The number of carbonyl (C=O) groups excluding carboxylic acids is 1. The second-order valence-corrected chi connectivity index (χ2v) is 7.08. The maximum absolute atomic E-state index is 12.8. The van der Waals surface area contributed by atoms with Crippen LogP contribution in [0.3, 0.4) is 0 Å². The van der Waals surface area contributed by atoms with Gasteiger partial charge in [-0.25, -0.2) is 4.79 Å². The summed E-state index contributed by atoms with van der Waals surface area (Å²) in [5.41, 5.74) is 0.484. The lowest BCUT2D eigenvalue weighted by molar-refractivity contribution is -0.384. The number of non-ortho nitro benzene ring substituents is 1. The molecule has 0 saturated carbocycles. The van der Waals surface area contributed by atoms with Crippen LogP contribution in [0.25, 0.3) is 0 Å². The van der Waals surface area contributed by atoms with Crippen LogP contribution in [0.2, 0.25) is 0 Å². The molecule has 1 heterocycles. The van der Waals surface area contributed by atoms with E-state index in [0.717, 1.165) is 42.7 Å². The topological polar surface area (TPSA) is 110 Å². The first kappa shape index (κ1) is 20.3. The molecule has 1 amide bonds. The third kappa shape index (κ3) is 4.71. The van der Waals surface area contributed by atoms with Gasteiger partial charge in [-0.15, -0.1) is 0 Å². The van der Waals surface area contributed by atoms with E-state index in [1.807, 2.05) is 24.3 Å². The number of carbonyl (C=O) groups is 2. The van der Waals surface area contributed by atoms with E-state index in [2.05, 4.69) is 0 Å². The number of carboxylic acid groups (broad SMARTS) is 1. The van der Waals surface area contributed by atoms with Crippen molar-refractivity contribution in [2.75, 3.05) is 20.2 Å². The number of nitrogens with zero attached hydrogens (tertiary/aromatic N) is 2. The summed E-state index contributed by atoms with van der Waals surface area (Å²) in [5, 5.41) is 20.2. The highest BCUT2D eigenvalue weighted by atomic mass is 16.6. The minimum absolute atomic E-state index is 0.0276. The summed E-state index contributed by atoms with van der Waals surface area (Å²) in [7, 11) is 1.64. The molecule has 0 bridgehead atoms. The fourth-order valence-corrected chi connectivity index (χ4v) is 3.67. The number of nitro groups is 1. The van der Waals surface area contributed by atoms with E-state index >= 15 is 0 Å². The average Bonchev–Trinajstić information content (AvgIpc) is 2.73. The molecular weight excluding hydrogens is 376 g/mol. The van der Waals surface area contributed by atoms with Gasteiger partial charge in [-0.1, -0.05) is 18.2 Å². The number of nitro benzene ring substituents is 1. The predicted octanol–water partition coefficient (Wildman–Crippen LogP) is 3.40. The fraction of sp³-hybridized carbons (Fsp3) is 0.333. The van der Waals surface area contributed by atoms with Crippen molar-refractivity contribution in [3.05, 3.63) is 69.3 Å². The first-order valence-corrected chi connectivity index (χ1v) is 9.33. The van der Waals surface area contributed by atoms with Gasteiger partial charge >= 0.3 is 5.97 Å². The van der Waals surface area contributed by atoms with Gasteiger partial charge in [0.1, 0.15) is 5.75 Å². The molecule has 1 saturated heterocycles. The van der Waals surface area contributed by atoms with Gasteiger partial charge in [-0.3, -0.25) is 14.9 Å². The number of para-hydroxylation sites is 1. The minimum Gasteiger partial charge on any atom is -0.496 e. The van der Waals surface area contributed by atoms with Crippen LogP contribution >= 0.6 is 0 Å². The van der Waals surface area contributed by atoms with Gasteiger partial charge in [0.05, 0.1) is 17.6 Å². The summed E-state index contributed by atoms with van der Waals surface area (Å²) in [6.45, 7) is 1.04. The van der Waals surface area contributed by atoms with Crippen molar-refractivity contribution in [2.45, 2.75) is 19.3 Å². The maximum Gasteiger partial charge on any atom is 0.335 e. The van der Waals surface area contributed by atoms with Gasteiger partial charge in [0.2, 0.25) is 0 Å². The number of benzene rings is 2. The highest BCUT2D eigenvalue weighted by Crippen LogP contribution is 2.28.